The van der Waals surface area contributed by atoms with Gasteiger partial charge in [-0.25, -0.2) is 9.97 Å². The summed E-state index contributed by atoms with van der Waals surface area (Å²) in [6.07, 6.45) is 1.94. The summed E-state index contributed by atoms with van der Waals surface area (Å²) in [6.45, 7) is 0. The van der Waals surface area contributed by atoms with E-state index in [9.17, 15) is 5.11 Å². The lowest BCUT2D eigenvalue weighted by Crippen LogP contribution is -2.12. The number of aromatic hydroxyl groups is 1. The Labute approximate surface area is 267 Å². The molecule has 0 radical (unpaired) electrons. The number of phenols is 1. The highest BCUT2D eigenvalue weighted by molar-refractivity contribution is 5.99. The standard InChI is InChI=1S/C42H29N3O/c46-41-23-9-8-21-37(41)39-26-34(29-12-2-1-3-13-29)25-38(44-39)32-18-10-19-35(24-32)45(40-22-11-17-30-14-6-7-20-36(30)40)42-27-31-15-4-5-16-33(31)28-43-42/h1-28,46H. The molecule has 0 unspecified atom stereocenters. The molecule has 0 saturated carbocycles. The van der Waals surface area contributed by atoms with Gasteiger partial charge in [-0.3, -0.25) is 4.90 Å². The van der Waals surface area contributed by atoms with E-state index >= 15 is 0 Å². The average molecular weight is 592 g/mol. The van der Waals surface area contributed by atoms with E-state index in [1.54, 1.807) is 6.07 Å². The van der Waals surface area contributed by atoms with Crippen LogP contribution in [-0.4, -0.2) is 15.1 Å². The summed E-state index contributed by atoms with van der Waals surface area (Å²) in [7, 11) is 0. The molecule has 218 valence electrons. The van der Waals surface area contributed by atoms with E-state index in [0.717, 1.165) is 61.1 Å². The normalized spacial score (nSPS) is 11.1. The summed E-state index contributed by atoms with van der Waals surface area (Å²) in [5.74, 6) is 1.03. The third kappa shape index (κ3) is 5.12. The second-order valence-electron chi connectivity index (χ2n) is 11.3. The van der Waals surface area contributed by atoms with Crippen LogP contribution in [0.2, 0.25) is 0 Å². The lowest BCUT2D eigenvalue weighted by molar-refractivity contribution is 0.477. The van der Waals surface area contributed by atoms with Crippen LogP contribution in [0.15, 0.2) is 170 Å². The first-order chi connectivity index (χ1) is 22.7. The molecule has 4 nitrogen and oxygen atoms in total. The molecule has 0 atom stereocenters. The molecule has 0 fully saturated rings. The molecule has 8 rings (SSSR count). The molecule has 0 aliphatic carbocycles. The minimum atomic E-state index is 0.199. The van der Waals surface area contributed by atoms with Gasteiger partial charge in [0.25, 0.3) is 0 Å². The molecule has 0 saturated heterocycles. The van der Waals surface area contributed by atoms with Crippen LogP contribution in [-0.2, 0) is 0 Å². The van der Waals surface area contributed by atoms with E-state index < -0.39 is 0 Å². The molecule has 0 bridgehead atoms. The van der Waals surface area contributed by atoms with Gasteiger partial charge >= 0.3 is 0 Å². The Morgan fingerprint density at radius 2 is 1.15 bits per heavy atom. The first-order valence-electron chi connectivity index (χ1n) is 15.3. The number of hydrogen-bond acceptors (Lipinski definition) is 4. The molecular formula is C42H29N3O. The third-order valence-corrected chi connectivity index (χ3v) is 8.37. The molecule has 1 N–H and O–H groups in total. The topological polar surface area (TPSA) is 49.2 Å². The van der Waals surface area contributed by atoms with Crippen molar-refractivity contribution in [2.75, 3.05) is 4.90 Å². The van der Waals surface area contributed by atoms with Crippen LogP contribution >= 0.6 is 0 Å². The van der Waals surface area contributed by atoms with Crippen molar-refractivity contribution in [3.05, 3.63) is 170 Å². The van der Waals surface area contributed by atoms with Gasteiger partial charge in [0.05, 0.1) is 17.1 Å². The fourth-order valence-electron chi connectivity index (χ4n) is 6.10. The molecule has 0 aliphatic heterocycles. The van der Waals surface area contributed by atoms with Crippen molar-refractivity contribution >= 4 is 38.7 Å². The summed E-state index contributed by atoms with van der Waals surface area (Å²) < 4.78 is 0. The van der Waals surface area contributed by atoms with E-state index in [1.807, 2.05) is 54.7 Å². The first-order valence-corrected chi connectivity index (χ1v) is 15.3. The molecular weight excluding hydrogens is 562 g/mol. The van der Waals surface area contributed by atoms with E-state index in [4.69, 9.17) is 9.97 Å². The van der Waals surface area contributed by atoms with Crippen molar-refractivity contribution in [3.63, 3.8) is 0 Å². The summed E-state index contributed by atoms with van der Waals surface area (Å²) in [5.41, 5.74) is 7.28. The lowest BCUT2D eigenvalue weighted by atomic mass is 9.99. The van der Waals surface area contributed by atoms with Crippen LogP contribution in [0.3, 0.4) is 0 Å². The molecule has 8 aromatic rings. The van der Waals surface area contributed by atoms with Crippen molar-refractivity contribution < 1.29 is 5.11 Å². The Morgan fingerprint density at radius 1 is 0.478 bits per heavy atom. The van der Waals surface area contributed by atoms with Gasteiger partial charge in [0.1, 0.15) is 11.6 Å². The van der Waals surface area contributed by atoms with Crippen LogP contribution in [0.25, 0.3) is 55.2 Å². The van der Waals surface area contributed by atoms with E-state index in [2.05, 4.69) is 114 Å². The summed E-state index contributed by atoms with van der Waals surface area (Å²) in [4.78, 5) is 12.3. The number of aromatic nitrogens is 2. The minimum absolute atomic E-state index is 0.199. The maximum absolute atomic E-state index is 10.8. The Balaban J connectivity index is 1.33. The van der Waals surface area contributed by atoms with Crippen molar-refractivity contribution in [3.8, 4) is 39.4 Å². The fourth-order valence-corrected chi connectivity index (χ4v) is 6.10. The van der Waals surface area contributed by atoms with Gasteiger partial charge in [0.2, 0.25) is 0 Å². The third-order valence-electron chi connectivity index (χ3n) is 8.37. The smallest absolute Gasteiger partial charge is 0.138 e. The Morgan fingerprint density at radius 3 is 2.02 bits per heavy atom. The van der Waals surface area contributed by atoms with Gasteiger partial charge in [-0.05, 0) is 70.4 Å². The van der Waals surface area contributed by atoms with Crippen LogP contribution < -0.4 is 4.90 Å². The molecule has 6 aromatic carbocycles. The molecule has 2 aromatic heterocycles. The van der Waals surface area contributed by atoms with Gasteiger partial charge < -0.3 is 5.11 Å². The van der Waals surface area contributed by atoms with Crippen molar-refractivity contribution in [2.24, 2.45) is 0 Å². The first kappa shape index (κ1) is 27.3. The summed E-state index contributed by atoms with van der Waals surface area (Å²) in [6, 6.07) is 55.5. The highest BCUT2D eigenvalue weighted by Gasteiger charge is 2.19. The number of pyridine rings is 2. The number of para-hydroxylation sites is 1. The minimum Gasteiger partial charge on any atom is -0.507 e. The highest BCUT2D eigenvalue weighted by Crippen LogP contribution is 2.41. The van der Waals surface area contributed by atoms with Crippen molar-refractivity contribution in [1.29, 1.82) is 0 Å². The van der Waals surface area contributed by atoms with Crippen molar-refractivity contribution in [2.45, 2.75) is 0 Å². The van der Waals surface area contributed by atoms with Gasteiger partial charge in [-0.2, -0.15) is 0 Å². The van der Waals surface area contributed by atoms with Crippen LogP contribution in [0.5, 0.6) is 5.75 Å². The Bertz CT molecular complexity index is 2340. The van der Waals surface area contributed by atoms with Gasteiger partial charge in [-0.15, -0.1) is 0 Å². The van der Waals surface area contributed by atoms with E-state index in [1.165, 1.54) is 0 Å². The summed E-state index contributed by atoms with van der Waals surface area (Å²) >= 11 is 0. The number of phenolic OH excluding ortho intramolecular Hbond substituents is 1. The molecule has 0 aliphatic rings. The molecule has 4 heteroatoms. The lowest BCUT2D eigenvalue weighted by Gasteiger charge is -2.26. The van der Waals surface area contributed by atoms with Crippen LogP contribution in [0, 0.1) is 0 Å². The monoisotopic (exact) mass is 591 g/mol. The average Bonchev–Trinajstić information content (AvgIpc) is 3.12. The molecule has 2 heterocycles. The van der Waals surface area contributed by atoms with Gasteiger partial charge in [0.15, 0.2) is 0 Å². The second kappa shape index (κ2) is 11.7. The maximum Gasteiger partial charge on any atom is 0.138 e. The number of benzene rings is 6. The quantitative estimate of drug-likeness (QED) is 0.209. The fraction of sp³-hybridized carbons (Fsp3) is 0. The highest BCUT2D eigenvalue weighted by atomic mass is 16.3. The summed E-state index contributed by atoms with van der Waals surface area (Å²) in [5, 5.41) is 15.3. The molecule has 46 heavy (non-hydrogen) atoms. The maximum atomic E-state index is 10.8. The molecule has 0 spiro atoms. The predicted molar refractivity (Wildman–Crippen MR) is 190 cm³/mol. The van der Waals surface area contributed by atoms with Crippen molar-refractivity contribution in [1.82, 2.24) is 9.97 Å². The van der Waals surface area contributed by atoms with Crippen LogP contribution in [0.1, 0.15) is 0 Å². The zero-order chi connectivity index (χ0) is 30.9. The second-order valence-corrected chi connectivity index (χ2v) is 11.3. The number of anilines is 3. The Kier molecular flexibility index (Phi) is 6.93. The zero-order valence-corrected chi connectivity index (χ0v) is 25.0. The number of hydrogen-bond donors (Lipinski definition) is 1. The van der Waals surface area contributed by atoms with Gasteiger partial charge in [-0.1, -0.05) is 115 Å². The number of fused-ring (bicyclic) bond motifs is 2. The number of nitrogens with zero attached hydrogens (tertiary/aromatic N) is 3. The van der Waals surface area contributed by atoms with E-state index in [0.29, 0.717) is 11.3 Å². The number of rotatable bonds is 6. The predicted octanol–water partition coefficient (Wildman–Crippen LogP) is 11.0. The van der Waals surface area contributed by atoms with E-state index in [-0.39, 0.29) is 5.75 Å². The molecule has 0 amide bonds. The zero-order valence-electron chi connectivity index (χ0n) is 25.0. The SMILES string of the molecule is Oc1ccccc1-c1cc(-c2ccccc2)cc(-c2cccc(N(c3cc4ccccc4cn3)c3cccc4ccccc34)c2)n1. The van der Waals surface area contributed by atoms with Gasteiger partial charge in [0, 0.05) is 33.8 Å². The Hall–Kier alpha value is -6.26. The largest absolute Gasteiger partial charge is 0.507 e. The van der Waals surface area contributed by atoms with Crippen LogP contribution in [0.4, 0.5) is 17.2 Å².